The van der Waals surface area contributed by atoms with E-state index in [4.69, 9.17) is 0 Å². The topological polar surface area (TPSA) is 12.9 Å². The highest BCUT2D eigenvalue weighted by molar-refractivity contribution is 9.10. The summed E-state index contributed by atoms with van der Waals surface area (Å²) in [6.07, 6.45) is 1.83. The van der Waals surface area contributed by atoms with Crippen molar-refractivity contribution in [1.82, 2.24) is 4.98 Å². The molecule has 0 unspecified atom stereocenters. The van der Waals surface area contributed by atoms with E-state index >= 15 is 0 Å². The molecule has 2 rings (SSSR count). The molecule has 16 heavy (non-hydrogen) atoms. The lowest BCUT2D eigenvalue weighted by molar-refractivity contribution is 1.12. The second kappa shape index (κ2) is 5.51. The highest BCUT2D eigenvalue weighted by Crippen LogP contribution is 2.23. The Balaban J connectivity index is 2.02. The predicted molar refractivity (Wildman–Crippen MR) is 72.7 cm³/mol. The molecule has 0 saturated carbocycles. The number of benzene rings is 1. The fourth-order valence-electron chi connectivity index (χ4n) is 1.37. The molecule has 2 aromatic rings. The molecule has 0 aliphatic rings. The van der Waals surface area contributed by atoms with E-state index in [1.807, 2.05) is 18.3 Å². The monoisotopic (exact) mass is 293 g/mol. The minimum absolute atomic E-state index is 0.974. The zero-order chi connectivity index (χ0) is 11.4. The summed E-state index contributed by atoms with van der Waals surface area (Å²) in [5, 5.41) is 1.06. The Hall–Kier alpha value is -0.800. The van der Waals surface area contributed by atoms with E-state index < -0.39 is 0 Å². The van der Waals surface area contributed by atoms with Crippen molar-refractivity contribution in [3.8, 4) is 0 Å². The van der Waals surface area contributed by atoms with Crippen molar-refractivity contribution in [3.05, 3.63) is 58.2 Å². The van der Waals surface area contributed by atoms with Gasteiger partial charge in [-0.2, -0.15) is 0 Å². The first kappa shape index (κ1) is 11.7. The average molecular weight is 294 g/mol. The minimum Gasteiger partial charge on any atom is -0.249 e. The minimum atomic E-state index is 0.974. The van der Waals surface area contributed by atoms with Gasteiger partial charge in [-0.15, -0.1) is 11.8 Å². The smallest absolute Gasteiger partial charge is 0.0963 e. The number of nitrogens with zero attached hydrogens (tertiary/aromatic N) is 1. The van der Waals surface area contributed by atoms with Crippen LogP contribution in [0.4, 0.5) is 0 Å². The first-order chi connectivity index (χ1) is 7.75. The number of hydrogen-bond donors (Lipinski definition) is 0. The van der Waals surface area contributed by atoms with Crippen LogP contribution in [0.15, 0.2) is 52.1 Å². The number of rotatable bonds is 3. The number of pyridine rings is 1. The second-order valence-electron chi connectivity index (χ2n) is 3.53. The van der Waals surface area contributed by atoms with Gasteiger partial charge in [-0.1, -0.05) is 24.3 Å². The van der Waals surface area contributed by atoms with Crippen molar-refractivity contribution in [3.63, 3.8) is 0 Å². The van der Waals surface area contributed by atoms with E-state index in [9.17, 15) is 0 Å². The average Bonchev–Trinajstić information content (AvgIpc) is 2.30. The third-order valence-corrected chi connectivity index (χ3v) is 3.80. The van der Waals surface area contributed by atoms with Gasteiger partial charge < -0.3 is 0 Å². The van der Waals surface area contributed by atoms with Gasteiger partial charge in [-0.3, -0.25) is 0 Å². The van der Waals surface area contributed by atoms with Gasteiger partial charge in [-0.25, -0.2) is 4.98 Å². The van der Waals surface area contributed by atoms with Crippen LogP contribution in [0.1, 0.15) is 11.1 Å². The van der Waals surface area contributed by atoms with Crippen LogP contribution in [0.25, 0.3) is 0 Å². The van der Waals surface area contributed by atoms with Crippen molar-refractivity contribution in [2.75, 3.05) is 0 Å². The fourth-order valence-corrected chi connectivity index (χ4v) is 2.52. The van der Waals surface area contributed by atoms with Gasteiger partial charge in [0.15, 0.2) is 0 Å². The van der Waals surface area contributed by atoms with E-state index in [0.29, 0.717) is 0 Å². The highest BCUT2D eigenvalue weighted by Gasteiger charge is 1.99. The Morgan fingerprint density at radius 2 is 2.00 bits per heavy atom. The molecule has 1 nitrogen and oxygen atoms in total. The first-order valence-electron chi connectivity index (χ1n) is 5.04. The van der Waals surface area contributed by atoms with E-state index in [0.717, 1.165) is 15.3 Å². The van der Waals surface area contributed by atoms with Gasteiger partial charge in [-0.05, 0) is 46.1 Å². The number of thioether (sulfide) groups is 1. The number of aryl methyl sites for hydroxylation is 1. The van der Waals surface area contributed by atoms with E-state index in [2.05, 4.69) is 52.1 Å². The predicted octanol–water partition coefficient (Wildman–Crippen LogP) is 4.44. The standard InChI is InChI=1S/C13H12BrNS/c1-10-4-2-3-5-11(10)9-16-13-7-6-12(14)8-15-13/h2-8H,9H2,1H3. The van der Waals surface area contributed by atoms with Crippen LogP contribution in [0.2, 0.25) is 0 Å². The van der Waals surface area contributed by atoms with Gasteiger partial charge in [0.25, 0.3) is 0 Å². The summed E-state index contributed by atoms with van der Waals surface area (Å²) < 4.78 is 1.02. The molecular weight excluding hydrogens is 282 g/mol. The number of hydrogen-bond acceptors (Lipinski definition) is 2. The normalized spacial score (nSPS) is 10.4. The first-order valence-corrected chi connectivity index (χ1v) is 6.82. The van der Waals surface area contributed by atoms with Crippen LogP contribution < -0.4 is 0 Å². The van der Waals surface area contributed by atoms with Crippen molar-refractivity contribution >= 4 is 27.7 Å². The zero-order valence-corrected chi connectivity index (χ0v) is 11.4. The molecule has 0 saturated heterocycles. The summed E-state index contributed by atoms with van der Waals surface area (Å²) in [7, 11) is 0. The van der Waals surface area contributed by atoms with E-state index in [-0.39, 0.29) is 0 Å². The summed E-state index contributed by atoms with van der Waals surface area (Å²) in [5.41, 5.74) is 2.71. The van der Waals surface area contributed by atoms with Crippen LogP contribution >= 0.6 is 27.7 Å². The molecule has 0 radical (unpaired) electrons. The summed E-state index contributed by atoms with van der Waals surface area (Å²) in [6, 6.07) is 12.5. The van der Waals surface area contributed by atoms with Crippen LogP contribution in [-0.2, 0) is 5.75 Å². The third-order valence-electron chi connectivity index (χ3n) is 2.34. The molecule has 0 amide bonds. The maximum absolute atomic E-state index is 4.34. The Bertz CT molecular complexity index is 468. The molecule has 1 heterocycles. The largest absolute Gasteiger partial charge is 0.249 e. The lowest BCUT2D eigenvalue weighted by Gasteiger charge is -2.04. The zero-order valence-electron chi connectivity index (χ0n) is 8.98. The SMILES string of the molecule is Cc1ccccc1CSc1ccc(Br)cn1. The molecule has 1 aromatic carbocycles. The number of aromatic nitrogens is 1. The molecule has 82 valence electrons. The number of halogens is 1. The lowest BCUT2D eigenvalue weighted by Crippen LogP contribution is -1.86. The lowest BCUT2D eigenvalue weighted by atomic mass is 10.1. The molecule has 0 aliphatic heterocycles. The molecule has 0 atom stereocenters. The Morgan fingerprint density at radius 3 is 2.69 bits per heavy atom. The van der Waals surface area contributed by atoms with E-state index in [1.165, 1.54) is 11.1 Å². The van der Waals surface area contributed by atoms with Crippen molar-refractivity contribution < 1.29 is 0 Å². The maximum atomic E-state index is 4.34. The summed E-state index contributed by atoms with van der Waals surface area (Å²) in [6.45, 7) is 2.14. The van der Waals surface area contributed by atoms with Crippen LogP contribution in [-0.4, -0.2) is 4.98 Å². The van der Waals surface area contributed by atoms with Crippen molar-refractivity contribution in [2.24, 2.45) is 0 Å². The molecule has 0 N–H and O–H groups in total. The summed E-state index contributed by atoms with van der Waals surface area (Å²) in [5.74, 6) is 0.974. The third kappa shape index (κ3) is 3.09. The highest BCUT2D eigenvalue weighted by atomic mass is 79.9. The maximum Gasteiger partial charge on any atom is 0.0963 e. The molecular formula is C13H12BrNS. The van der Waals surface area contributed by atoms with Crippen LogP contribution in [0.3, 0.4) is 0 Å². The quantitative estimate of drug-likeness (QED) is 0.776. The molecule has 0 bridgehead atoms. The van der Waals surface area contributed by atoms with Crippen LogP contribution in [0.5, 0.6) is 0 Å². The van der Waals surface area contributed by atoms with Gasteiger partial charge in [0, 0.05) is 16.4 Å². The molecule has 3 heteroatoms. The summed E-state index contributed by atoms with van der Waals surface area (Å²) >= 11 is 5.15. The molecule has 0 spiro atoms. The Labute approximate surface area is 108 Å². The Kier molecular flexibility index (Phi) is 4.02. The van der Waals surface area contributed by atoms with Gasteiger partial charge in [0.05, 0.1) is 5.03 Å². The molecule has 0 fully saturated rings. The van der Waals surface area contributed by atoms with Crippen LogP contribution in [0, 0.1) is 6.92 Å². The molecule has 0 aliphatic carbocycles. The van der Waals surface area contributed by atoms with E-state index in [1.54, 1.807) is 11.8 Å². The molecule has 1 aromatic heterocycles. The van der Waals surface area contributed by atoms with Crippen molar-refractivity contribution in [1.29, 1.82) is 0 Å². The van der Waals surface area contributed by atoms with Gasteiger partial charge in [0.2, 0.25) is 0 Å². The second-order valence-corrected chi connectivity index (χ2v) is 5.44. The fraction of sp³-hybridized carbons (Fsp3) is 0.154. The van der Waals surface area contributed by atoms with Gasteiger partial charge in [0.1, 0.15) is 0 Å². The Morgan fingerprint density at radius 1 is 1.19 bits per heavy atom. The van der Waals surface area contributed by atoms with Crippen molar-refractivity contribution in [2.45, 2.75) is 17.7 Å². The summed E-state index contributed by atoms with van der Waals surface area (Å²) in [4.78, 5) is 4.34. The van der Waals surface area contributed by atoms with Gasteiger partial charge >= 0.3 is 0 Å².